The lowest BCUT2D eigenvalue weighted by molar-refractivity contribution is -0.136. The van der Waals surface area contributed by atoms with Crippen LogP contribution in [0.1, 0.15) is 26.7 Å². The third-order valence-corrected chi connectivity index (χ3v) is 2.99. The van der Waals surface area contributed by atoms with Crippen molar-refractivity contribution >= 4 is 11.8 Å². The van der Waals surface area contributed by atoms with Gasteiger partial charge in [0.1, 0.15) is 6.61 Å². The molecule has 0 aromatic rings. The Hall–Kier alpha value is -1.10. The summed E-state index contributed by atoms with van der Waals surface area (Å²) < 4.78 is 4.82. The molecule has 17 heavy (non-hydrogen) atoms. The molecular weight excluding hydrogens is 220 g/mol. The average molecular weight is 242 g/mol. The molecule has 1 aliphatic rings. The van der Waals surface area contributed by atoms with E-state index in [0.717, 1.165) is 12.8 Å². The van der Waals surface area contributed by atoms with E-state index in [4.69, 9.17) is 4.74 Å². The van der Waals surface area contributed by atoms with Gasteiger partial charge in [0.25, 0.3) is 0 Å². The standard InChI is InChI=1S/C12H22N2O3/c1-9(2)12(16)13-10-4-6-14(7-5-10)11(15)8-17-3/h9-10H,4-8H2,1-3H3,(H,13,16). The number of piperidine rings is 1. The Morgan fingerprint density at radius 2 is 1.94 bits per heavy atom. The molecule has 0 aromatic heterocycles. The van der Waals surface area contributed by atoms with Gasteiger partial charge >= 0.3 is 0 Å². The quantitative estimate of drug-likeness (QED) is 0.776. The van der Waals surface area contributed by atoms with E-state index in [1.165, 1.54) is 7.11 Å². The van der Waals surface area contributed by atoms with E-state index in [-0.39, 0.29) is 30.4 Å². The highest BCUT2D eigenvalue weighted by Gasteiger charge is 2.23. The molecule has 1 rings (SSSR count). The van der Waals surface area contributed by atoms with Gasteiger partial charge in [0.15, 0.2) is 0 Å². The van der Waals surface area contributed by atoms with Crippen molar-refractivity contribution in [2.75, 3.05) is 26.8 Å². The van der Waals surface area contributed by atoms with E-state index in [2.05, 4.69) is 5.32 Å². The summed E-state index contributed by atoms with van der Waals surface area (Å²) in [6.07, 6.45) is 1.65. The summed E-state index contributed by atoms with van der Waals surface area (Å²) in [5, 5.41) is 3.00. The predicted octanol–water partition coefficient (Wildman–Crippen LogP) is 0.396. The number of nitrogens with zero attached hydrogens (tertiary/aromatic N) is 1. The van der Waals surface area contributed by atoms with E-state index in [0.29, 0.717) is 13.1 Å². The zero-order valence-corrected chi connectivity index (χ0v) is 10.9. The topological polar surface area (TPSA) is 58.6 Å². The van der Waals surface area contributed by atoms with Crippen molar-refractivity contribution in [3.8, 4) is 0 Å². The van der Waals surface area contributed by atoms with Crippen LogP contribution >= 0.6 is 0 Å². The van der Waals surface area contributed by atoms with Gasteiger partial charge in [0.2, 0.25) is 11.8 Å². The lowest BCUT2D eigenvalue weighted by atomic mass is 10.0. The fourth-order valence-corrected chi connectivity index (χ4v) is 1.86. The first-order valence-corrected chi connectivity index (χ1v) is 6.11. The van der Waals surface area contributed by atoms with Crippen LogP contribution < -0.4 is 5.32 Å². The second kappa shape index (κ2) is 6.59. The second-order valence-electron chi connectivity index (χ2n) is 4.75. The van der Waals surface area contributed by atoms with Crippen molar-refractivity contribution in [2.45, 2.75) is 32.7 Å². The molecule has 5 heteroatoms. The summed E-state index contributed by atoms with van der Waals surface area (Å²) in [6, 6.07) is 0.205. The summed E-state index contributed by atoms with van der Waals surface area (Å²) in [7, 11) is 1.52. The van der Waals surface area contributed by atoms with Crippen molar-refractivity contribution in [2.24, 2.45) is 5.92 Å². The van der Waals surface area contributed by atoms with Gasteiger partial charge in [-0.15, -0.1) is 0 Å². The summed E-state index contributed by atoms with van der Waals surface area (Å²) >= 11 is 0. The number of hydrogen-bond acceptors (Lipinski definition) is 3. The molecule has 0 unspecified atom stereocenters. The maximum atomic E-state index is 11.5. The molecule has 1 saturated heterocycles. The maximum absolute atomic E-state index is 11.5. The molecule has 1 fully saturated rings. The number of hydrogen-bond donors (Lipinski definition) is 1. The number of methoxy groups -OCH3 is 1. The highest BCUT2D eigenvalue weighted by Crippen LogP contribution is 2.11. The highest BCUT2D eigenvalue weighted by molar-refractivity contribution is 5.78. The Morgan fingerprint density at radius 3 is 2.41 bits per heavy atom. The van der Waals surface area contributed by atoms with Gasteiger partial charge in [-0.3, -0.25) is 9.59 Å². The van der Waals surface area contributed by atoms with Gasteiger partial charge in [0.05, 0.1) is 0 Å². The van der Waals surface area contributed by atoms with Gasteiger partial charge in [0, 0.05) is 32.2 Å². The monoisotopic (exact) mass is 242 g/mol. The first kappa shape index (κ1) is 14.0. The first-order valence-electron chi connectivity index (χ1n) is 6.11. The van der Waals surface area contributed by atoms with Crippen molar-refractivity contribution in [1.82, 2.24) is 10.2 Å². The number of amides is 2. The van der Waals surface area contributed by atoms with Crippen LogP contribution in [-0.2, 0) is 14.3 Å². The molecule has 0 aromatic carbocycles. The lowest BCUT2D eigenvalue weighted by Crippen LogP contribution is -2.48. The molecule has 2 amide bonds. The molecule has 1 N–H and O–H groups in total. The summed E-state index contributed by atoms with van der Waals surface area (Å²) in [6.45, 7) is 5.30. The Labute approximate surface area is 102 Å². The fraction of sp³-hybridized carbons (Fsp3) is 0.833. The largest absolute Gasteiger partial charge is 0.375 e. The van der Waals surface area contributed by atoms with Crippen molar-refractivity contribution < 1.29 is 14.3 Å². The zero-order valence-electron chi connectivity index (χ0n) is 10.9. The maximum Gasteiger partial charge on any atom is 0.248 e. The molecular formula is C12H22N2O3. The molecule has 0 atom stereocenters. The SMILES string of the molecule is COCC(=O)N1CCC(NC(=O)C(C)C)CC1. The lowest BCUT2D eigenvalue weighted by Gasteiger charge is -2.32. The summed E-state index contributed by atoms with van der Waals surface area (Å²) in [5.41, 5.74) is 0. The molecule has 0 aliphatic carbocycles. The van der Waals surface area contributed by atoms with Crippen LogP contribution in [0.15, 0.2) is 0 Å². The molecule has 0 saturated carbocycles. The number of ether oxygens (including phenoxy) is 1. The number of carbonyl (C=O) groups is 2. The minimum Gasteiger partial charge on any atom is -0.375 e. The van der Waals surface area contributed by atoms with Crippen LogP contribution in [0, 0.1) is 5.92 Å². The van der Waals surface area contributed by atoms with E-state index >= 15 is 0 Å². The Kier molecular flexibility index (Phi) is 5.41. The van der Waals surface area contributed by atoms with Crippen LogP contribution in [-0.4, -0.2) is 49.6 Å². The average Bonchev–Trinajstić information content (AvgIpc) is 2.30. The third kappa shape index (κ3) is 4.34. The predicted molar refractivity (Wildman–Crippen MR) is 64.5 cm³/mol. The van der Waals surface area contributed by atoms with Crippen molar-refractivity contribution in [1.29, 1.82) is 0 Å². The van der Waals surface area contributed by atoms with Crippen molar-refractivity contribution in [3.63, 3.8) is 0 Å². The van der Waals surface area contributed by atoms with E-state index in [9.17, 15) is 9.59 Å². The second-order valence-corrected chi connectivity index (χ2v) is 4.75. The van der Waals surface area contributed by atoms with Gasteiger partial charge in [-0.25, -0.2) is 0 Å². The van der Waals surface area contributed by atoms with Gasteiger partial charge < -0.3 is 15.0 Å². The Bertz CT molecular complexity index is 271. The Balaban J connectivity index is 2.31. The normalized spacial score (nSPS) is 17.3. The zero-order chi connectivity index (χ0) is 12.8. The summed E-state index contributed by atoms with van der Waals surface area (Å²) in [4.78, 5) is 24.9. The summed E-state index contributed by atoms with van der Waals surface area (Å²) in [5.74, 6) is 0.135. The minimum atomic E-state index is 0.0168. The molecule has 0 spiro atoms. The number of carbonyl (C=O) groups excluding carboxylic acids is 2. The van der Waals surface area contributed by atoms with Crippen LogP contribution in [0.25, 0.3) is 0 Å². The highest BCUT2D eigenvalue weighted by atomic mass is 16.5. The molecule has 1 heterocycles. The van der Waals surface area contributed by atoms with E-state index in [1.807, 2.05) is 13.8 Å². The molecule has 98 valence electrons. The van der Waals surface area contributed by atoms with Crippen molar-refractivity contribution in [3.05, 3.63) is 0 Å². The fourth-order valence-electron chi connectivity index (χ4n) is 1.86. The van der Waals surface area contributed by atoms with Crippen LogP contribution in [0.4, 0.5) is 0 Å². The van der Waals surface area contributed by atoms with Crippen LogP contribution in [0.2, 0.25) is 0 Å². The number of rotatable bonds is 4. The minimum absolute atomic E-state index is 0.0168. The van der Waals surface area contributed by atoms with E-state index in [1.54, 1.807) is 4.90 Å². The smallest absolute Gasteiger partial charge is 0.248 e. The molecule has 5 nitrogen and oxygen atoms in total. The number of likely N-dealkylation sites (tertiary alicyclic amines) is 1. The van der Waals surface area contributed by atoms with Crippen LogP contribution in [0.5, 0.6) is 0 Å². The van der Waals surface area contributed by atoms with E-state index < -0.39 is 0 Å². The first-order chi connectivity index (χ1) is 8.04. The molecule has 1 aliphatic heterocycles. The molecule has 0 bridgehead atoms. The van der Waals surface area contributed by atoms with Crippen LogP contribution in [0.3, 0.4) is 0 Å². The van der Waals surface area contributed by atoms with Gasteiger partial charge in [-0.2, -0.15) is 0 Å². The molecule has 0 radical (unpaired) electrons. The third-order valence-electron chi connectivity index (χ3n) is 2.99. The van der Waals surface area contributed by atoms with Gasteiger partial charge in [-0.1, -0.05) is 13.8 Å². The number of nitrogens with one attached hydrogen (secondary N) is 1. The Morgan fingerprint density at radius 1 is 1.35 bits per heavy atom. The van der Waals surface area contributed by atoms with Gasteiger partial charge in [-0.05, 0) is 12.8 Å².